The van der Waals surface area contributed by atoms with Gasteiger partial charge in [0.15, 0.2) is 0 Å². The fraction of sp³-hybridized carbons (Fsp3) is 0.409. The second kappa shape index (κ2) is 24.1. The van der Waals surface area contributed by atoms with Crippen molar-refractivity contribution in [2.24, 2.45) is 0 Å². The van der Waals surface area contributed by atoms with Crippen molar-refractivity contribution in [3.63, 3.8) is 0 Å². The van der Waals surface area contributed by atoms with E-state index >= 15 is 0 Å². The molecule has 0 aliphatic rings. The van der Waals surface area contributed by atoms with Gasteiger partial charge in [0, 0.05) is 21.1 Å². The van der Waals surface area contributed by atoms with Gasteiger partial charge in [-0.25, -0.2) is 0 Å². The molecule has 0 amide bonds. The van der Waals surface area contributed by atoms with E-state index in [0.717, 1.165) is 6.42 Å². The number of ether oxygens (including phenoxy) is 2. The lowest BCUT2D eigenvalue weighted by Gasteiger charge is -2.00. The Balaban J connectivity index is -0.000000340. The molecule has 0 atom stereocenters. The van der Waals surface area contributed by atoms with Gasteiger partial charge in [0.25, 0.3) is 0 Å². The van der Waals surface area contributed by atoms with Crippen LogP contribution in [-0.2, 0) is 20.7 Å². The summed E-state index contributed by atoms with van der Waals surface area (Å²) in [5.74, 6) is -0.245. The number of benzene rings is 2. The summed E-state index contributed by atoms with van der Waals surface area (Å²) in [6.45, 7) is 9.36. The van der Waals surface area contributed by atoms with E-state index in [4.69, 9.17) is 0 Å². The minimum atomic E-state index is -0.245. The van der Waals surface area contributed by atoms with E-state index in [1.807, 2.05) is 27.7 Å². The first-order valence-corrected chi connectivity index (χ1v) is 8.66. The minimum absolute atomic E-state index is 0.245. The quantitative estimate of drug-likeness (QED) is 0.646. The number of esters is 1. The van der Waals surface area contributed by atoms with Gasteiger partial charge in [-0.1, -0.05) is 88.4 Å². The van der Waals surface area contributed by atoms with E-state index in [-0.39, 0.29) is 5.97 Å². The molecule has 25 heavy (non-hydrogen) atoms. The number of carbonyl (C=O) groups is 1. The van der Waals surface area contributed by atoms with Crippen molar-refractivity contribution in [1.82, 2.24) is 0 Å². The highest BCUT2D eigenvalue weighted by Gasteiger charge is 1.92. The molecule has 0 unspecified atom stereocenters. The number of rotatable bonds is 2. The fourth-order valence-electron chi connectivity index (χ4n) is 1.43. The molecule has 3 heteroatoms. The number of hydrogen-bond acceptors (Lipinski definition) is 3. The smallest absolute Gasteiger partial charge is 0.302 e. The average molecular weight is 349 g/mol. The highest BCUT2D eigenvalue weighted by Crippen LogP contribution is 2.07. The van der Waals surface area contributed by atoms with Crippen LogP contribution in [0, 0.1) is 0 Å². The molecule has 0 radical (unpaired) electrons. The maximum Gasteiger partial charge on any atom is 0.302 e. The van der Waals surface area contributed by atoms with Gasteiger partial charge >= 0.3 is 5.97 Å². The van der Waals surface area contributed by atoms with Gasteiger partial charge in [0.2, 0.25) is 0 Å². The third kappa shape index (κ3) is 21.9. The van der Waals surface area contributed by atoms with Crippen LogP contribution in [0.25, 0.3) is 0 Å². The minimum Gasteiger partial charge on any atom is -0.469 e. The molecule has 3 nitrogen and oxygen atoms in total. The van der Waals surface area contributed by atoms with Crippen molar-refractivity contribution in [2.45, 2.75) is 41.0 Å². The zero-order valence-corrected chi connectivity index (χ0v) is 17.2. The van der Waals surface area contributed by atoms with Gasteiger partial charge in [0.05, 0.1) is 7.11 Å². The van der Waals surface area contributed by atoms with Crippen LogP contribution in [0.1, 0.15) is 45.7 Å². The SMILES string of the molecule is CC.CC.COC.COC(C)=O.c1ccc(Cc2ccccc2)cc1. The second-order valence-electron chi connectivity index (χ2n) is 4.25. The molecule has 0 bridgehead atoms. The van der Waals surface area contributed by atoms with E-state index in [1.165, 1.54) is 25.2 Å². The van der Waals surface area contributed by atoms with Crippen LogP contribution in [-0.4, -0.2) is 27.3 Å². The van der Waals surface area contributed by atoms with Crippen LogP contribution < -0.4 is 0 Å². The largest absolute Gasteiger partial charge is 0.469 e. The Labute approximate surface area is 155 Å². The summed E-state index contributed by atoms with van der Waals surface area (Å²) < 4.78 is 8.36. The van der Waals surface area contributed by atoms with Crippen LogP contribution >= 0.6 is 0 Å². The van der Waals surface area contributed by atoms with E-state index in [9.17, 15) is 4.79 Å². The zero-order chi connectivity index (χ0) is 19.9. The van der Waals surface area contributed by atoms with Crippen LogP contribution in [0.3, 0.4) is 0 Å². The molecule has 0 N–H and O–H groups in total. The van der Waals surface area contributed by atoms with Crippen LogP contribution in [0.15, 0.2) is 60.7 Å². The van der Waals surface area contributed by atoms with Gasteiger partial charge in [-0.2, -0.15) is 0 Å². The monoisotopic (exact) mass is 348 g/mol. The molecule has 0 saturated heterocycles. The first-order chi connectivity index (χ1) is 12.1. The first kappa shape index (κ1) is 27.7. The van der Waals surface area contributed by atoms with Crippen molar-refractivity contribution in [3.8, 4) is 0 Å². The van der Waals surface area contributed by atoms with E-state index in [2.05, 4.69) is 70.1 Å². The van der Waals surface area contributed by atoms with Crippen LogP contribution in [0.2, 0.25) is 0 Å². The molecule has 0 saturated carbocycles. The molecule has 0 spiro atoms. The molecule has 2 aromatic carbocycles. The lowest BCUT2D eigenvalue weighted by atomic mass is 10.1. The second-order valence-corrected chi connectivity index (χ2v) is 4.25. The summed E-state index contributed by atoms with van der Waals surface area (Å²) in [5, 5.41) is 0. The maximum atomic E-state index is 9.59. The summed E-state index contributed by atoms with van der Waals surface area (Å²) in [7, 11) is 4.60. The van der Waals surface area contributed by atoms with Crippen molar-refractivity contribution in [1.29, 1.82) is 0 Å². The van der Waals surface area contributed by atoms with Crippen LogP contribution in [0.5, 0.6) is 0 Å². The van der Waals surface area contributed by atoms with Crippen molar-refractivity contribution in [2.75, 3.05) is 21.3 Å². The predicted molar refractivity (Wildman–Crippen MR) is 109 cm³/mol. The standard InChI is InChI=1S/C13H12.C3H6O2.C2H6O.2C2H6/c1-3-7-12(8-4-1)11-13-9-5-2-6-10-13;1-3(4)5-2;1-3-2;2*1-2/h1-10H,11H2;1-2H3;1-2H3;2*1-2H3. The normalized spacial score (nSPS) is 7.68. The summed E-state index contributed by atoms with van der Waals surface area (Å²) >= 11 is 0. The average Bonchev–Trinajstić information content (AvgIpc) is 2.68. The summed E-state index contributed by atoms with van der Waals surface area (Å²) in [6.07, 6.45) is 1.03. The lowest BCUT2D eigenvalue weighted by molar-refractivity contribution is -0.137. The van der Waals surface area contributed by atoms with Crippen LogP contribution in [0.4, 0.5) is 0 Å². The summed E-state index contributed by atoms with van der Waals surface area (Å²) in [5.41, 5.74) is 2.74. The Kier molecular flexibility index (Phi) is 26.7. The third-order valence-electron chi connectivity index (χ3n) is 2.38. The molecular weight excluding hydrogens is 312 g/mol. The van der Waals surface area contributed by atoms with Crippen molar-refractivity contribution >= 4 is 5.97 Å². The Morgan fingerprint density at radius 1 is 0.720 bits per heavy atom. The van der Waals surface area contributed by atoms with E-state index in [0.29, 0.717) is 0 Å². The number of methoxy groups -OCH3 is 2. The van der Waals surface area contributed by atoms with E-state index in [1.54, 1.807) is 14.2 Å². The summed E-state index contributed by atoms with van der Waals surface area (Å²) in [4.78, 5) is 9.59. The van der Waals surface area contributed by atoms with Crippen molar-refractivity contribution in [3.05, 3.63) is 71.8 Å². The topological polar surface area (TPSA) is 35.5 Å². The molecule has 0 heterocycles. The fourth-order valence-corrected chi connectivity index (χ4v) is 1.43. The number of carbonyl (C=O) groups excluding carboxylic acids is 1. The van der Waals surface area contributed by atoms with Gasteiger partial charge in [-0.3, -0.25) is 4.79 Å². The Morgan fingerprint density at radius 2 is 0.960 bits per heavy atom. The number of hydrogen-bond donors (Lipinski definition) is 0. The zero-order valence-electron chi connectivity index (χ0n) is 17.2. The van der Waals surface area contributed by atoms with Gasteiger partial charge < -0.3 is 9.47 Å². The molecule has 2 aromatic rings. The molecule has 0 fully saturated rings. The Bertz CT molecular complexity index is 430. The first-order valence-electron chi connectivity index (χ1n) is 8.66. The van der Waals surface area contributed by atoms with Crippen molar-refractivity contribution < 1.29 is 14.3 Å². The molecular formula is C22H36O3. The molecule has 0 aromatic heterocycles. The van der Waals surface area contributed by atoms with Gasteiger partial charge in [-0.15, -0.1) is 0 Å². The maximum absolute atomic E-state index is 9.59. The van der Waals surface area contributed by atoms with Gasteiger partial charge in [0.1, 0.15) is 0 Å². The highest BCUT2D eigenvalue weighted by molar-refractivity contribution is 5.65. The molecule has 0 aliphatic carbocycles. The Morgan fingerprint density at radius 3 is 1.16 bits per heavy atom. The Hall–Kier alpha value is -2.13. The predicted octanol–water partition coefficient (Wildman–Crippen LogP) is 5.77. The van der Waals surface area contributed by atoms with E-state index < -0.39 is 0 Å². The summed E-state index contributed by atoms with van der Waals surface area (Å²) in [6, 6.07) is 21.1. The molecule has 2 rings (SSSR count). The lowest BCUT2D eigenvalue weighted by Crippen LogP contribution is -1.88. The third-order valence-corrected chi connectivity index (χ3v) is 2.38. The van der Waals surface area contributed by atoms with Gasteiger partial charge in [-0.05, 0) is 17.5 Å². The highest BCUT2D eigenvalue weighted by atomic mass is 16.5. The molecule has 142 valence electrons. The molecule has 0 aliphatic heterocycles.